The van der Waals surface area contributed by atoms with Crippen LogP contribution in [0.5, 0.6) is 17.2 Å². The molecule has 0 saturated carbocycles. The molecule has 1 aliphatic heterocycles. The zero-order valence-electron chi connectivity index (χ0n) is 19.9. The number of amides is 4. The third-order valence-corrected chi connectivity index (χ3v) is 6.24. The molecular formula is C27H22BrClN2O6. The SMILES string of the molecule is COc1cc(/C=C2/C(=O)NC(=O)N(c3ccc(Br)cc3)C2=O)cc(Cl)c1OCCOc1ccccc1C. The molecule has 1 N–H and O–H groups in total. The second-order valence-corrected chi connectivity index (χ2v) is 9.25. The largest absolute Gasteiger partial charge is 0.493 e. The van der Waals surface area contributed by atoms with E-state index in [2.05, 4.69) is 21.2 Å². The Hall–Kier alpha value is -3.82. The lowest BCUT2D eigenvalue weighted by Crippen LogP contribution is -2.54. The summed E-state index contributed by atoms with van der Waals surface area (Å²) in [7, 11) is 1.45. The van der Waals surface area contributed by atoms with Crippen LogP contribution in [0, 0.1) is 6.92 Å². The van der Waals surface area contributed by atoms with Crippen LogP contribution < -0.4 is 24.4 Å². The normalized spacial score (nSPS) is 14.5. The fourth-order valence-electron chi connectivity index (χ4n) is 3.63. The van der Waals surface area contributed by atoms with E-state index in [9.17, 15) is 14.4 Å². The Bertz CT molecular complexity index is 1390. The molecule has 190 valence electrons. The van der Waals surface area contributed by atoms with E-state index >= 15 is 0 Å². The predicted octanol–water partition coefficient (Wildman–Crippen LogP) is 5.54. The number of nitrogens with zero attached hydrogens (tertiary/aromatic N) is 1. The van der Waals surface area contributed by atoms with Crippen LogP contribution in [0.3, 0.4) is 0 Å². The summed E-state index contributed by atoms with van der Waals surface area (Å²) in [5.74, 6) is -0.213. The minimum atomic E-state index is -0.832. The molecule has 3 aromatic rings. The van der Waals surface area contributed by atoms with Crippen molar-refractivity contribution in [3.05, 3.63) is 86.9 Å². The van der Waals surface area contributed by atoms with Gasteiger partial charge in [0.25, 0.3) is 11.8 Å². The highest BCUT2D eigenvalue weighted by atomic mass is 79.9. The zero-order valence-corrected chi connectivity index (χ0v) is 22.3. The third kappa shape index (κ3) is 5.95. The summed E-state index contributed by atoms with van der Waals surface area (Å²) in [6, 6.07) is 16.5. The number of anilines is 1. The van der Waals surface area contributed by atoms with Gasteiger partial charge in [0.05, 0.1) is 17.8 Å². The van der Waals surface area contributed by atoms with Crippen molar-refractivity contribution in [1.29, 1.82) is 0 Å². The zero-order chi connectivity index (χ0) is 26.5. The van der Waals surface area contributed by atoms with Crippen LogP contribution in [0.4, 0.5) is 10.5 Å². The first-order chi connectivity index (χ1) is 17.8. The lowest BCUT2D eigenvalue weighted by molar-refractivity contribution is -0.122. The van der Waals surface area contributed by atoms with Gasteiger partial charge in [-0.05, 0) is 66.6 Å². The first-order valence-electron chi connectivity index (χ1n) is 11.1. The highest BCUT2D eigenvalue weighted by Crippen LogP contribution is 2.37. The van der Waals surface area contributed by atoms with Crippen molar-refractivity contribution < 1.29 is 28.6 Å². The Morgan fingerprint density at radius 2 is 1.68 bits per heavy atom. The minimum absolute atomic E-state index is 0.204. The molecular weight excluding hydrogens is 564 g/mol. The fourth-order valence-corrected chi connectivity index (χ4v) is 4.16. The van der Waals surface area contributed by atoms with Crippen molar-refractivity contribution in [2.24, 2.45) is 0 Å². The fraction of sp³-hybridized carbons (Fsp3) is 0.148. The maximum atomic E-state index is 13.1. The number of para-hydroxylation sites is 1. The molecule has 1 saturated heterocycles. The molecule has 0 unspecified atom stereocenters. The number of barbiturate groups is 1. The van der Waals surface area contributed by atoms with Crippen molar-refractivity contribution in [2.75, 3.05) is 25.2 Å². The Kier molecular flexibility index (Phi) is 8.15. The number of carbonyl (C=O) groups excluding carboxylic acids is 3. The number of hydrogen-bond acceptors (Lipinski definition) is 6. The van der Waals surface area contributed by atoms with E-state index < -0.39 is 17.8 Å². The Labute approximate surface area is 226 Å². The van der Waals surface area contributed by atoms with E-state index in [4.69, 9.17) is 25.8 Å². The molecule has 8 nitrogen and oxygen atoms in total. The average Bonchev–Trinajstić information content (AvgIpc) is 2.87. The van der Waals surface area contributed by atoms with Crippen LogP contribution >= 0.6 is 27.5 Å². The highest BCUT2D eigenvalue weighted by Gasteiger charge is 2.36. The Morgan fingerprint density at radius 1 is 0.973 bits per heavy atom. The van der Waals surface area contributed by atoms with Crippen LogP contribution in [0.25, 0.3) is 6.08 Å². The number of urea groups is 1. The summed E-state index contributed by atoms with van der Waals surface area (Å²) in [6.07, 6.45) is 1.34. The molecule has 37 heavy (non-hydrogen) atoms. The number of ether oxygens (including phenoxy) is 3. The molecule has 4 amide bonds. The van der Waals surface area contributed by atoms with Crippen LogP contribution in [-0.4, -0.2) is 38.2 Å². The van der Waals surface area contributed by atoms with Crippen LogP contribution in [-0.2, 0) is 9.59 Å². The molecule has 3 aromatic carbocycles. The number of aryl methyl sites for hydroxylation is 1. The number of rotatable bonds is 8. The van der Waals surface area contributed by atoms with E-state index in [0.29, 0.717) is 22.7 Å². The number of hydrogen-bond donors (Lipinski definition) is 1. The van der Waals surface area contributed by atoms with E-state index in [1.165, 1.54) is 19.3 Å². The molecule has 0 aliphatic carbocycles. The molecule has 0 aromatic heterocycles. The molecule has 0 atom stereocenters. The van der Waals surface area contributed by atoms with Gasteiger partial charge >= 0.3 is 6.03 Å². The number of methoxy groups -OCH3 is 1. The van der Waals surface area contributed by atoms with Gasteiger partial charge in [0.2, 0.25) is 0 Å². The van der Waals surface area contributed by atoms with Gasteiger partial charge in [0, 0.05) is 4.47 Å². The van der Waals surface area contributed by atoms with E-state index in [-0.39, 0.29) is 23.8 Å². The van der Waals surface area contributed by atoms with E-state index in [0.717, 1.165) is 20.7 Å². The van der Waals surface area contributed by atoms with Gasteiger partial charge in [-0.1, -0.05) is 45.7 Å². The maximum Gasteiger partial charge on any atom is 0.335 e. The molecule has 10 heteroatoms. The van der Waals surface area contributed by atoms with Crippen molar-refractivity contribution in [2.45, 2.75) is 6.92 Å². The Balaban J connectivity index is 1.53. The number of nitrogens with one attached hydrogen (secondary N) is 1. The lowest BCUT2D eigenvalue weighted by atomic mass is 10.1. The second-order valence-electron chi connectivity index (χ2n) is 7.93. The van der Waals surface area contributed by atoms with Crippen LogP contribution in [0.15, 0.2) is 70.7 Å². The van der Waals surface area contributed by atoms with Crippen molar-refractivity contribution in [3.8, 4) is 17.2 Å². The summed E-state index contributed by atoms with van der Waals surface area (Å²) < 4.78 is 17.8. The standard InChI is InChI=1S/C27H22BrClN2O6/c1-16-5-3-4-6-22(16)36-11-12-37-24-21(29)14-17(15-23(24)35-2)13-20-25(32)30-27(34)31(26(20)33)19-9-7-18(28)8-10-19/h3-10,13-15H,11-12H2,1-2H3,(H,30,32,34)/b20-13-. The van der Waals surface area contributed by atoms with Crippen molar-refractivity contribution in [3.63, 3.8) is 0 Å². The highest BCUT2D eigenvalue weighted by molar-refractivity contribution is 9.10. The Morgan fingerprint density at radius 3 is 2.38 bits per heavy atom. The van der Waals surface area contributed by atoms with Gasteiger partial charge in [-0.2, -0.15) is 0 Å². The summed E-state index contributed by atoms with van der Waals surface area (Å²) in [6.45, 7) is 2.44. The first kappa shape index (κ1) is 26.2. The first-order valence-corrected chi connectivity index (χ1v) is 12.3. The maximum absolute atomic E-state index is 13.1. The van der Waals surface area contributed by atoms with Crippen LogP contribution in [0.2, 0.25) is 5.02 Å². The summed E-state index contributed by atoms with van der Waals surface area (Å²) in [5, 5.41) is 2.41. The van der Waals surface area contributed by atoms with Gasteiger partial charge in [-0.25, -0.2) is 9.69 Å². The third-order valence-electron chi connectivity index (χ3n) is 5.43. The van der Waals surface area contributed by atoms with Gasteiger partial charge < -0.3 is 14.2 Å². The van der Waals surface area contributed by atoms with Gasteiger partial charge in [-0.3, -0.25) is 14.9 Å². The smallest absolute Gasteiger partial charge is 0.335 e. The minimum Gasteiger partial charge on any atom is -0.493 e. The topological polar surface area (TPSA) is 94.2 Å². The van der Waals surface area contributed by atoms with Gasteiger partial charge in [0.15, 0.2) is 11.5 Å². The van der Waals surface area contributed by atoms with Crippen molar-refractivity contribution in [1.82, 2.24) is 5.32 Å². The second kappa shape index (κ2) is 11.5. The summed E-state index contributed by atoms with van der Waals surface area (Å²) in [4.78, 5) is 38.9. The van der Waals surface area contributed by atoms with E-state index in [1.54, 1.807) is 30.3 Å². The molecule has 1 heterocycles. The summed E-state index contributed by atoms with van der Waals surface area (Å²) in [5.41, 5.74) is 1.50. The van der Waals surface area contributed by atoms with Crippen LogP contribution in [0.1, 0.15) is 11.1 Å². The molecule has 0 radical (unpaired) electrons. The van der Waals surface area contributed by atoms with Gasteiger partial charge in [0.1, 0.15) is 24.5 Å². The number of benzene rings is 3. The molecule has 0 spiro atoms. The average molecular weight is 586 g/mol. The quantitative estimate of drug-likeness (QED) is 0.212. The van der Waals surface area contributed by atoms with Gasteiger partial charge in [-0.15, -0.1) is 0 Å². The number of halogens is 2. The van der Waals surface area contributed by atoms with E-state index in [1.807, 2.05) is 31.2 Å². The number of carbonyl (C=O) groups is 3. The predicted molar refractivity (Wildman–Crippen MR) is 143 cm³/mol. The molecule has 4 rings (SSSR count). The molecule has 1 aliphatic rings. The summed E-state index contributed by atoms with van der Waals surface area (Å²) >= 11 is 9.77. The lowest BCUT2D eigenvalue weighted by Gasteiger charge is -2.26. The monoisotopic (exact) mass is 584 g/mol. The van der Waals surface area contributed by atoms with Crippen molar-refractivity contribution >= 4 is 57.1 Å². The number of imide groups is 2. The molecule has 1 fully saturated rings. The molecule has 0 bridgehead atoms.